The van der Waals surface area contributed by atoms with Gasteiger partial charge in [-0.3, -0.25) is 0 Å². The molecular weight excluding hydrogens is 645 g/mol. The molecule has 0 radical (unpaired) electrons. The number of nitrogens with zero attached hydrogens (tertiary/aromatic N) is 4. The summed E-state index contributed by atoms with van der Waals surface area (Å²) in [6, 6.07) is 60.9. The van der Waals surface area contributed by atoms with E-state index < -0.39 is 0 Å². The van der Waals surface area contributed by atoms with Gasteiger partial charge in [0, 0.05) is 54.9 Å². The van der Waals surface area contributed by atoms with Crippen molar-refractivity contribution in [3.05, 3.63) is 181 Å². The number of fused-ring (bicyclic) bond motifs is 10. The van der Waals surface area contributed by atoms with Crippen LogP contribution in [-0.4, -0.2) is 19.1 Å². The van der Waals surface area contributed by atoms with E-state index in [1.54, 1.807) is 0 Å². The van der Waals surface area contributed by atoms with Crippen LogP contribution < -0.4 is 0 Å². The van der Waals surface area contributed by atoms with Gasteiger partial charge in [0.2, 0.25) is 0 Å². The minimum atomic E-state index is -0.308. The van der Waals surface area contributed by atoms with Gasteiger partial charge in [-0.15, -0.1) is 0 Å². The van der Waals surface area contributed by atoms with Crippen molar-refractivity contribution in [3.63, 3.8) is 0 Å². The van der Waals surface area contributed by atoms with Crippen molar-refractivity contribution >= 4 is 43.6 Å². The van der Waals surface area contributed by atoms with Gasteiger partial charge in [-0.05, 0) is 35.9 Å². The first kappa shape index (κ1) is 29.9. The Morgan fingerprint density at radius 1 is 0.434 bits per heavy atom. The molecule has 3 aromatic heterocycles. The second-order valence-corrected chi connectivity index (χ2v) is 14.6. The van der Waals surface area contributed by atoms with Crippen molar-refractivity contribution in [2.45, 2.75) is 19.3 Å². The molecule has 7 aromatic carbocycles. The topological polar surface area (TPSA) is 35.6 Å². The quantitative estimate of drug-likeness (QED) is 0.186. The van der Waals surface area contributed by atoms with E-state index in [-0.39, 0.29) is 5.41 Å². The molecule has 11 rings (SSSR count). The van der Waals surface area contributed by atoms with E-state index in [0.29, 0.717) is 0 Å². The molecule has 1 aliphatic rings. The van der Waals surface area contributed by atoms with Crippen molar-refractivity contribution in [1.82, 2.24) is 19.1 Å². The van der Waals surface area contributed by atoms with Gasteiger partial charge >= 0.3 is 0 Å². The van der Waals surface area contributed by atoms with Crippen LogP contribution in [0.2, 0.25) is 0 Å². The largest absolute Gasteiger partial charge is 0.307 e. The molecule has 0 amide bonds. The van der Waals surface area contributed by atoms with Crippen molar-refractivity contribution in [2.24, 2.45) is 0 Å². The zero-order valence-corrected chi connectivity index (χ0v) is 29.5. The van der Waals surface area contributed by atoms with Crippen LogP contribution in [0.3, 0.4) is 0 Å². The summed E-state index contributed by atoms with van der Waals surface area (Å²) in [5.74, 6) is 0.732. The number of rotatable bonds is 4. The minimum absolute atomic E-state index is 0.308. The Balaban J connectivity index is 1.30. The molecule has 1 aliphatic carbocycles. The Bertz CT molecular complexity index is 3080. The van der Waals surface area contributed by atoms with Gasteiger partial charge in [-0.1, -0.05) is 153 Å². The van der Waals surface area contributed by atoms with Gasteiger partial charge in [0.25, 0.3) is 0 Å². The Kier molecular flexibility index (Phi) is 6.27. The van der Waals surface area contributed by atoms with Gasteiger partial charge in [-0.2, -0.15) is 0 Å². The number of para-hydroxylation sites is 4. The fourth-order valence-electron chi connectivity index (χ4n) is 8.99. The lowest BCUT2D eigenvalue weighted by molar-refractivity contribution is 0.658. The molecule has 0 bridgehead atoms. The van der Waals surface area contributed by atoms with E-state index in [2.05, 4.69) is 187 Å². The lowest BCUT2D eigenvalue weighted by atomic mass is 9.80. The lowest BCUT2D eigenvalue weighted by Crippen LogP contribution is -2.18. The highest BCUT2D eigenvalue weighted by atomic mass is 15.0. The van der Waals surface area contributed by atoms with Crippen LogP contribution in [0.4, 0.5) is 0 Å². The first-order valence-corrected chi connectivity index (χ1v) is 18.3. The normalized spacial score (nSPS) is 13.2. The monoisotopic (exact) mass is 678 g/mol. The summed E-state index contributed by atoms with van der Waals surface area (Å²) in [6.45, 7) is 4.63. The Morgan fingerprint density at radius 3 is 1.64 bits per heavy atom. The molecule has 0 saturated carbocycles. The van der Waals surface area contributed by atoms with Gasteiger partial charge in [0.05, 0.1) is 39.1 Å². The molecule has 0 aliphatic heterocycles. The average molecular weight is 679 g/mol. The summed E-state index contributed by atoms with van der Waals surface area (Å²) in [4.78, 5) is 10.9. The molecular formula is C49H34N4. The van der Waals surface area contributed by atoms with Crippen molar-refractivity contribution in [1.29, 1.82) is 0 Å². The molecule has 10 aromatic rings. The Morgan fingerprint density at radius 2 is 0.943 bits per heavy atom. The van der Waals surface area contributed by atoms with Crippen LogP contribution in [-0.2, 0) is 5.41 Å². The molecule has 0 N–H and O–H groups in total. The zero-order valence-electron chi connectivity index (χ0n) is 29.5. The lowest BCUT2D eigenvalue weighted by Gasteiger charge is -2.25. The van der Waals surface area contributed by atoms with E-state index >= 15 is 0 Å². The Labute approximate surface area is 307 Å². The maximum Gasteiger partial charge on any atom is 0.160 e. The molecule has 0 fully saturated rings. The van der Waals surface area contributed by atoms with Crippen molar-refractivity contribution in [3.8, 4) is 45.3 Å². The molecule has 4 heteroatoms. The van der Waals surface area contributed by atoms with Crippen LogP contribution >= 0.6 is 0 Å². The number of aromatic nitrogens is 4. The molecule has 0 saturated heterocycles. The predicted octanol–water partition coefficient (Wildman–Crippen LogP) is 12.3. The summed E-state index contributed by atoms with van der Waals surface area (Å²) >= 11 is 0. The van der Waals surface area contributed by atoms with Crippen molar-refractivity contribution < 1.29 is 0 Å². The van der Waals surface area contributed by atoms with Crippen molar-refractivity contribution in [2.75, 3.05) is 0 Å². The first-order valence-electron chi connectivity index (χ1n) is 18.3. The molecule has 0 unspecified atom stereocenters. The van der Waals surface area contributed by atoms with Crippen LogP contribution in [0.1, 0.15) is 25.0 Å². The standard InChI is InChI=1S/C49H34N4/c1-49(2)39-25-13-9-23-37(39)44-43(49)45(51-48(50-44)31-17-5-3-6-18-31)38-24-12-16-28-42(38)53-41-27-15-11-22-34(41)36-30-29-35-33-21-10-14-26-40(33)52(46(35)47(36)53)32-19-7-4-8-20-32/h3-30H,1-2H3. The molecule has 3 heterocycles. The number of hydrogen-bond donors (Lipinski definition) is 0. The van der Waals surface area contributed by atoms with Crippen LogP contribution in [0, 0.1) is 0 Å². The summed E-state index contributed by atoms with van der Waals surface area (Å²) in [7, 11) is 0. The smallest absolute Gasteiger partial charge is 0.160 e. The van der Waals surface area contributed by atoms with Crippen LogP contribution in [0.25, 0.3) is 88.9 Å². The summed E-state index contributed by atoms with van der Waals surface area (Å²) in [6.07, 6.45) is 0. The second-order valence-electron chi connectivity index (χ2n) is 14.6. The van der Waals surface area contributed by atoms with Crippen LogP contribution in [0.5, 0.6) is 0 Å². The molecule has 0 spiro atoms. The highest BCUT2D eigenvalue weighted by Crippen LogP contribution is 2.52. The fraction of sp³-hybridized carbons (Fsp3) is 0.0612. The van der Waals surface area contributed by atoms with E-state index in [0.717, 1.165) is 50.8 Å². The van der Waals surface area contributed by atoms with Gasteiger partial charge in [0.15, 0.2) is 5.82 Å². The Hall–Kier alpha value is -6.78. The summed E-state index contributed by atoms with van der Waals surface area (Å²) in [5, 5.41) is 4.89. The third kappa shape index (κ3) is 4.18. The van der Waals surface area contributed by atoms with E-state index in [4.69, 9.17) is 9.97 Å². The summed E-state index contributed by atoms with van der Waals surface area (Å²) < 4.78 is 4.94. The highest BCUT2D eigenvalue weighted by Gasteiger charge is 2.40. The minimum Gasteiger partial charge on any atom is -0.307 e. The van der Waals surface area contributed by atoms with Gasteiger partial charge in [0.1, 0.15) is 0 Å². The van der Waals surface area contributed by atoms with E-state index in [1.165, 1.54) is 49.2 Å². The predicted molar refractivity (Wildman–Crippen MR) is 219 cm³/mol. The third-order valence-electron chi connectivity index (χ3n) is 11.3. The highest BCUT2D eigenvalue weighted by molar-refractivity contribution is 6.24. The zero-order chi connectivity index (χ0) is 35.3. The third-order valence-corrected chi connectivity index (χ3v) is 11.3. The van der Waals surface area contributed by atoms with Crippen LogP contribution in [0.15, 0.2) is 170 Å². The van der Waals surface area contributed by atoms with Gasteiger partial charge < -0.3 is 9.13 Å². The first-order chi connectivity index (χ1) is 26.1. The fourth-order valence-corrected chi connectivity index (χ4v) is 8.99. The maximum absolute atomic E-state index is 5.53. The van der Waals surface area contributed by atoms with E-state index in [9.17, 15) is 0 Å². The molecule has 0 atom stereocenters. The van der Waals surface area contributed by atoms with Gasteiger partial charge in [-0.25, -0.2) is 9.97 Å². The SMILES string of the molecule is CC1(C)c2ccccc2-c2nc(-c3ccccc3)nc(-c3ccccc3-n3c4ccccc4c4ccc5c6ccccc6n(-c6ccccc6)c5c43)c21. The summed E-state index contributed by atoms with van der Waals surface area (Å²) in [5.41, 5.74) is 14.3. The molecule has 53 heavy (non-hydrogen) atoms. The molecule has 4 nitrogen and oxygen atoms in total. The average Bonchev–Trinajstić information content (AvgIpc) is 3.82. The number of hydrogen-bond acceptors (Lipinski definition) is 2. The molecule has 250 valence electrons. The second kappa shape index (κ2) is 11.1. The number of benzene rings is 7. The maximum atomic E-state index is 5.53. The van der Waals surface area contributed by atoms with E-state index in [1.807, 2.05) is 6.07 Å².